The number of carbonyl (C=O) groups excluding carboxylic acids is 1. The third-order valence-electron chi connectivity index (χ3n) is 6.01. The summed E-state index contributed by atoms with van der Waals surface area (Å²) in [5, 5.41) is 3.33. The van der Waals surface area contributed by atoms with Crippen molar-refractivity contribution in [3.05, 3.63) is 29.8 Å². The number of nitrogens with zero attached hydrogens (tertiary/aromatic N) is 1. The van der Waals surface area contributed by atoms with Crippen LogP contribution >= 0.6 is 0 Å². The molecule has 4 nitrogen and oxygen atoms in total. The van der Waals surface area contributed by atoms with Crippen molar-refractivity contribution >= 4 is 5.91 Å². The molecule has 1 aromatic carbocycles. The molecule has 1 N–H and O–H groups in total. The number of likely N-dealkylation sites (tertiary alicyclic amines) is 1. The Kier molecular flexibility index (Phi) is 6.58. The summed E-state index contributed by atoms with van der Waals surface area (Å²) in [6.07, 6.45) is 6.19. The first kappa shape index (κ1) is 19.2. The fraction of sp³-hybridized carbons (Fsp3) is 0.682. The molecule has 3 rings (SSSR count). The van der Waals surface area contributed by atoms with Gasteiger partial charge in [-0.1, -0.05) is 26.7 Å². The van der Waals surface area contributed by atoms with Gasteiger partial charge in [-0.25, -0.2) is 0 Å². The van der Waals surface area contributed by atoms with E-state index in [0.29, 0.717) is 12.0 Å². The molecule has 1 amide bonds. The number of carbonyl (C=O) groups is 1. The van der Waals surface area contributed by atoms with Crippen LogP contribution in [0.1, 0.15) is 56.3 Å². The minimum Gasteiger partial charge on any atom is -0.497 e. The largest absolute Gasteiger partial charge is 0.497 e. The van der Waals surface area contributed by atoms with E-state index < -0.39 is 0 Å². The third-order valence-corrected chi connectivity index (χ3v) is 6.01. The van der Waals surface area contributed by atoms with Gasteiger partial charge in [0.05, 0.1) is 7.11 Å². The molecule has 4 atom stereocenters. The highest BCUT2D eigenvalue weighted by Gasteiger charge is 2.30. The van der Waals surface area contributed by atoms with Gasteiger partial charge in [-0.05, 0) is 61.3 Å². The Bertz CT molecular complexity index is 576. The average Bonchev–Trinajstić information content (AvgIpc) is 2.62. The third kappa shape index (κ3) is 5.00. The van der Waals surface area contributed by atoms with Crippen molar-refractivity contribution in [2.75, 3.05) is 26.7 Å². The number of benzene rings is 1. The molecule has 4 heteroatoms. The number of hydrogen-bond donors (Lipinski definition) is 1. The predicted molar refractivity (Wildman–Crippen MR) is 106 cm³/mol. The normalized spacial score (nSPS) is 30.0. The Morgan fingerprint density at radius 3 is 2.42 bits per heavy atom. The van der Waals surface area contributed by atoms with E-state index >= 15 is 0 Å². The maximum Gasteiger partial charge on any atom is 0.251 e. The molecule has 1 saturated carbocycles. The fourth-order valence-corrected chi connectivity index (χ4v) is 4.88. The SMILES string of the molecule is COc1ccc(C(=O)N[C@@H]2CCCC[C@H]2CN2CC(C)CC(C)C2)cc1. The highest BCUT2D eigenvalue weighted by molar-refractivity contribution is 5.94. The van der Waals surface area contributed by atoms with Gasteiger partial charge >= 0.3 is 0 Å². The van der Waals surface area contributed by atoms with Gasteiger partial charge in [0.25, 0.3) is 5.91 Å². The summed E-state index contributed by atoms with van der Waals surface area (Å²) in [4.78, 5) is 15.3. The van der Waals surface area contributed by atoms with Crippen LogP contribution in [0.3, 0.4) is 0 Å². The molecule has 26 heavy (non-hydrogen) atoms. The van der Waals surface area contributed by atoms with E-state index in [4.69, 9.17) is 4.74 Å². The summed E-state index contributed by atoms with van der Waals surface area (Å²) in [5.41, 5.74) is 0.718. The Hall–Kier alpha value is -1.55. The second kappa shape index (κ2) is 8.90. The maximum atomic E-state index is 12.7. The number of nitrogens with one attached hydrogen (secondary N) is 1. The van der Waals surface area contributed by atoms with Crippen molar-refractivity contribution in [2.24, 2.45) is 17.8 Å². The first-order chi connectivity index (χ1) is 12.5. The van der Waals surface area contributed by atoms with E-state index in [1.165, 1.54) is 38.8 Å². The van der Waals surface area contributed by atoms with E-state index in [0.717, 1.165) is 36.1 Å². The molecule has 0 bridgehead atoms. The highest BCUT2D eigenvalue weighted by atomic mass is 16.5. The van der Waals surface area contributed by atoms with Gasteiger partial charge < -0.3 is 15.0 Å². The topological polar surface area (TPSA) is 41.6 Å². The molecule has 0 aromatic heterocycles. The van der Waals surface area contributed by atoms with Gasteiger partial charge in [0.2, 0.25) is 0 Å². The Morgan fingerprint density at radius 2 is 1.77 bits per heavy atom. The second-order valence-electron chi connectivity index (χ2n) is 8.52. The molecular formula is C22H34N2O2. The lowest BCUT2D eigenvalue weighted by atomic mass is 9.82. The van der Waals surface area contributed by atoms with E-state index in [2.05, 4.69) is 24.1 Å². The molecule has 1 heterocycles. The zero-order valence-corrected chi connectivity index (χ0v) is 16.5. The van der Waals surface area contributed by atoms with Crippen LogP contribution in [-0.4, -0.2) is 43.6 Å². The molecule has 1 aliphatic carbocycles. The van der Waals surface area contributed by atoms with Gasteiger partial charge in [0.15, 0.2) is 0 Å². The summed E-state index contributed by atoms with van der Waals surface area (Å²) in [6.45, 7) is 8.28. The summed E-state index contributed by atoms with van der Waals surface area (Å²) in [5.74, 6) is 2.98. The second-order valence-corrected chi connectivity index (χ2v) is 8.52. The van der Waals surface area contributed by atoms with Crippen molar-refractivity contribution < 1.29 is 9.53 Å². The first-order valence-corrected chi connectivity index (χ1v) is 10.2. The maximum absolute atomic E-state index is 12.7. The van der Waals surface area contributed by atoms with Gasteiger partial charge in [-0.15, -0.1) is 0 Å². The smallest absolute Gasteiger partial charge is 0.251 e. The molecule has 144 valence electrons. The van der Waals surface area contributed by atoms with E-state index in [1.54, 1.807) is 7.11 Å². The minimum atomic E-state index is 0.0462. The van der Waals surface area contributed by atoms with Crippen molar-refractivity contribution in [3.63, 3.8) is 0 Å². The van der Waals surface area contributed by atoms with Crippen LogP contribution in [0.5, 0.6) is 5.75 Å². The van der Waals surface area contributed by atoms with Crippen LogP contribution in [0.25, 0.3) is 0 Å². The molecule has 2 aliphatic rings. The zero-order valence-electron chi connectivity index (χ0n) is 16.5. The van der Waals surface area contributed by atoms with Gasteiger partial charge in [-0.2, -0.15) is 0 Å². The van der Waals surface area contributed by atoms with Crippen LogP contribution in [0.15, 0.2) is 24.3 Å². The number of rotatable bonds is 5. The summed E-state index contributed by atoms with van der Waals surface area (Å²) in [6, 6.07) is 7.69. The standard InChI is InChI=1S/C22H34N2O2/c1-16-12-17(2)14-24(13-16)15-19-6-4-5-7-21(19)23-22(25)18-8-10-20(26-3)11-9-18/h8-11,16-17,19,21H,4-7,12-15H2,1-3H3,(H,23,25)/t16?,17?,19-,21+/m0/s1. The van der Waals surface area contributed by atoms with Gasteiger partial charge in [0.1, 0.15) is 5.75 Å². The van der Waals surface area contributed by atoms with Crippen molar-refractivity contribution in [2.45, 2.75) is 52.0 Å². The Morgan fingerprint density at radius 1 is 1.12 bits per heavy atom. The number of ether oxygens (including phenoxy) is 1. The number of amides is 1. The molecule has 1 saturated heterocycles. The van der Waals surface area contributed by atoms with Crippen LogP contribution in [0, 0.1) is 17.8 Å². The molecule has 2 unspecified atom stereocenters. The predicted octanol–water partition coefficient (Wildman–Crippen LogP) is 3.96. The summed E-state index contributed by atoms with van der Waals surface area (Å²) in [7, 11) is 1.64. The number of hydrogen-bond acceptors (Lipinski definition) is 3. The molecule has 0 spiro atoms. The van der Waals surface area contributed by atoms with E-state index in [-0.39, 0.29) is 5.91 Å². The quantitative estimate of drug-likeness (QED) is 0.866. The summed E-state index contributed by atoms with van der Waals surface area (Å²) >= 11 is 0. The summed E-state index contributed by atoms with van der Waals surface area (Å²) < 4.78 is 5.18. The fourth-order valence-electron chi connectivity index (χ4n) is 4.88. The molecule has 1 aliphatic heterocycles. The van der Waals surface area contributed by atoms with Crippen LogP contribution in [0.4, 0.5) is 0 Å². The zero-order chi connectivity index (χ0) is 18.5. The minimum absolute atomic E-state index is 0.0462. The first-order valence-electron chi connectivity index (χ1n) is 10.2. The van der Waals surface area contributed by atoms with Crippen LogP contribution < -0.4 is 10.1 Å². The van der Waals surface area contributed by atoms with Crippen LogP contribution in [-0.2, 0) is 0 Å². The Balaban J connectivity index is 1.60. The van der Waals surface area contributed by atoms with Crippen molar-refractivity contribution in [3.8, 4) is 5.75 Å². The number of piperidine rings is 1. The van der Waals surface area contributed by atoms with Gasteiger partial charge in [-0.3, -0.25) is 4.79 Å². The number of methoxy groups -OCH3 is 1. The monoisotopic (exact) mass is 358 g/mol. The molecule has 2 fully saturated rings. The lowest BCUT2D eigenvalue weighted by Gasteiger charge is -2.40. The van der Waals surface area contributed by atoms with Crippen molar-refractivity contribution in [1.82, 2.24) is 10.2 Å². The lowest BCUT2D eigenvalue weighted by molar-refractivity contribution is 0.0817. The van der Waals surface area contributed by atoms with Crippen LogP contribution in [0.2, 0.25) is 0 Å². The molecular weight excluding hydrogens is 324 g/mol. The average molecular weight is 359 g/mol. The molecule has 0 radical (unpaired) electrons. The van der Waals surface area contributed by atoms with Crippen molar-refractivity contribution in [1.29, 1.82) is 0 Å². The molecule has 1 aromatic rings. The van der Waals surface area contributed by atoms with Gasteiger partial charge in [0, 0.05) is 31.2 Å². The van der Waals surface area contributed by atoms with E-state index in [9.17, 15) is 4.79 Å². The Labute approximate surface area is 158 Å². The highest BCUT2D eigenvalue weighted by Crippen LogP contribution is 2.28. The van der Waals surface area contributed by atoms with E-state index in [1.807, 2.05) is 24.3 Å². The lowest BCUT2D eigenvalue weighted by Crippen LogP contribution is -2.49.